The fourth-order valence-corrected chi connectivity index (χ4v) is 10.3. The van der Waals surface area contributed by atoms with Crippen LogP contribution in [0.1, 0.15) is 48.5 Å². The molecule has 5 rings (SSSR count). The van der Waals surface area contributed by atoms with E-state index >= 15 is 0 Å². The fraction of sp³-hybridized carbons (Fsp3) is 0.520. The van der Waals surface area contributed by atoms with Crippen LogP contribution in [0, 0.1) is 0 Å². The number of hydrogen-bond acceptors (Lipinski definition) is 6. The van der Waals surface area contributed by atoms with E-state index in [4.69, 9.17) is 0 Å². The van der Waals surface area contributed by atoms with Crippen LogP contribution in [0.15, 0.2) is 58.3 Å². The van der Waals surface area contributed by atoms with Crippen molar-refractivity contribution in [2.24, 2.45) is 0 Å². The van der Waals surface area contributed by atoms with Gasteiger partial charge in [0.2, 0.25) is 0 Å². The predicted octanol–water partition coefficient (Wildman–Crippen LogP) is 4.78. The average Bonchev–Trinajstić information content (AvgIpc) is 3.13. The minimum atomic E-state index is -3.73. The second kappa shape index (κ2) is 9.32. The van der Waals surface area contributed by atoms with Crippen molar-refractivity contribution in [2.45, 2.75) is 59.7 Å². The van der Waals surface area contributed by atoms with Gasteiger partial charge in [0.1, 0.15) is 5.25 Å². The smallest absolute Gasteiger partial charge is 0.187 e. The van der Waals surface area contributed by atoms with Crippen LogP contribution in [0.2, 0.25) is 0 Å². The third-order valence-corrected chi connectivity index (χ3v) is 11.7. The van der Waals surface area contributed by atoms with Crippen LogP contribution in [-0.2, 0) is 16.4 Å². The van der Waals surface area contributed by atoms with E-state index in [2.05, 4.69) is 9.80 Å². The molecule has 2 aromatic carbocycles. The zero-order valence-corrected chi connectivity index (χ0v) is 20.6. The standard InChI is InChI=1S/C25H34N2O4S2/c28-32(29)19-24(33(30,31)22-9-3-1-4-10-22)25-20(8-7-11-23(25)32)18-26-16-12-21(13-17-26)27-14-5-2-6-15-27/h1,3-4,7-11,21,24,28-29H,2,5-6,12-19H2. The molecule has 2 fully saturated rings. The molecule has 33 heavy (non-hydrogen) atoms. The SMILES string of the molecule is O=S(=O)(c1ccccc1)C1CS(O)(O)c2cccc(CN3CCC(N4CCCCC4)CC3)c21. The second-order valence-electron chi connectivity index (χ2n) is 9.61. The summed E-state index contributed by atoms with van der Waals surface area (Å²) in [4.78, 5) is 5.69. The molecule has 1 unspecified atom stereocenters. The van der Waals surface area contributed by atoms with Crippen molar-refractivity contribution in [2.75, 3.05) is 31.9 Å². The van der Waals surface area contributed by atoms with Crippen LogP contribution in [0.4, 0.5) is 0 Å². The van der Waals surface area contributed by atoms with Gasteiger partial charge in [-0.1, -0.05) is 36.8 Å². The summed E-state index contributed by atoms with van der Waals surface area (Å²) in [5, 5.41) is -0.929. The number of rotatable bonds is 5. The lowest BCUT2D eigenvalue weighted by Crippen LogP contribution is -2.46. The highest BCUT2D eigenvalue weighted by atomic mass is 32.3. The third kappa shape index (κ3) is 4.61. The molecule has 0 spiro atoms. The first kappa shape index (κ1) is 23.3. The first-order chi connectivity index (χ1) is 15.9. The summed E-state index contributed by atoms with van der Waals surface area (Å²) in [6.45, 7) is 5.04. The molecule has 2 aromatic rings. The Bertz CT molecular complexity index is 1080. The molecular weight excluding hydrogens is 456 g/mol. The molecule has 3 heterocycles. The van der Waals surface area contributed by atoms with Gasteiger partial charge in [0.05, 0.1) is 15.5 Å². The maximum absolute atomic E-state index is 13.5. The highest BCUT2D eigenvalue weighted by Gasteiger charge is 2.44. The summed E-state index contributed by atoms with van der Waals surface area (Å²) in [5.74, 6) is -0.159. The Morgan fingerprint density at radius 2 is 1.58 bits per heavy atom. The van der Waals surface area contributed by atoms with Crippen LogP contribution in [0.25, 0.3) is 0 Å². The Labute approximate surface area is 198 Å². The summed E-state index contributed by atoms with van der Waals surface area (Å²) in [6, 6.07) is 14.5. The van der Waals surface area contributed by atoms with E-state index in [1.54, 1.807) is 36.4 Å². The normalized spacial score (nSPS) is 25.6. The lowest BCUT2D eigenvalue weighted by atomic mass is 9.98. The van der Waals surface area contributed by atoms with Crippen LogP contribution in [-0.4, -0.2) is 65.3 Å². The molecule has 2 saturated heterocycles. The number of hydrogen-bond donors (Lipinski definition) is 2. The number of benzene rings is 2. The Hall–Kier alpha value is -1.42. The van der Waals surface area contributed by atoms with Gasteiger partial charge in [-0.3, -0.25) is 14.0 Å². The van der Waals surface area contributed by atoms with Crippen molar-refractivity contribution in [1.29, 1.82) is 0 Å². The number of likely N-dealkylation sites (tertiary alicyclic amines) is 2. The van der Waals surface area contributed by atoms with E-state index < -0.39 is 25.7 Å². The van der Waals surface area contributed by atoms with E-state index in [1.807, 2.05) is 12.1 Å². The number of nitrogens with zero attached hydrogens (tertiary/aromatic N) is 2. The van der Waals surface area contributed by atoms with Gasteiger partial charge in [0.15, 0.2) is 9.84 Å². The van der Waals surface area contributed by atoms with Gasteiger partial charge in [-0.25, -0.2) is 8.42 Å². The van der Waals surface area contributed by atoms with E-state index in [0.717, 1.165) is 31.5 Å². The molecule has 2 N–H and O–H groups in total. The lowest BCUT2D eigenvalue weighted by molar-refractivity contribution is 0.0895. The van der Waals surface area contributed by atoms with E-state index in [1.165, 1.54) is 32.4 Å². The average molecular weight is 491 g/mol. The predicted molar refractivity (Wildman–Crippen MR) is 133 cm³/mol. The molecule has 0 saturated carbocycles. The first-order valence-electron chi connectivity index (χ1n) is 12.0. The largest absolute Gasteiger partial charge is 0.300 e. The summed E-state index contributed by atoms with van der Waals surface area (Å²) in [7, 11) is -6.87. The summed E-state index contributed by atoms with van der Waals surface area (Å²) in [6.07, 6.45) is 6.23. The van der Waals surface area contributed by atoms with Crippen molar-refractivity contribution in [3.05, 3.63) is 59.7 Å². The Balaban J connectivity index is 1.38. The van der Waals surface area contributed by atoms with Crippen molar-refractivity contribution in [1.82, 2.24) is 9.80 Å². The molecule has 0 aromatic heterocycles. The third-order valence-electron chi connectivity index (χ3n) is 7.52. The van der Waals surface area contributed by atoms with E-state index in [9.17, 15) is 17.5 Å². The lowest BCUT2D eigenvalue weighted by Gasteiger charge is -2.40. The highest BCUT2D eigenvalue weighted by molar-refractivity contribution is 8.25. The van der Waals surface area contributed by atoms with E-state index in [0.29, 0.717) is 23.0 Å². The molecule has 3 aliphatic heterocycles. The first-order valence-corrected chi connectivity index (χ1v) is 15.3. The van der Waals surface area contributed by atoms with Crippen molar-refractivity contribution >= 4 is 20.4 Å². The fourth-order valence-electron chi connectivity index (χ4n) is 5.75. The molecule has 0 radical (unpaired) electrons. The van der Waals surface area contributed by atoms with Gasteiger partial charge < -0.3 is 4.90 Å². The number of sulfone groups is 1. The molecule has 6 nitrogen and oxygen atoms in total. The van der Waals surface area contributed by atoms with Gasteiger partial charge >= 0.3 is 0 Å². The highest BCUT2D eigenvalue weighted by Crippen LogP contribution is 2.62. The molecule has 180 valence electrons. The summed E-state index contributed by atoms with van der Waals surface area (Å²) >= 11 is 0. The molecule has 0 aliphatic carbocycles. The van der Waals surface area contributed by atoms with Gasteiger partial charge in [-0.2, -0.15) is 10.6 Å². The van der Waals surface area contributed by atoms with Crippen LogP contribution < -0.4 is 0 Å². The monoisotopic (exact) mass is 490 g/mol. The van der Waals surface area contributed by atoms with Crippen molar-refractivity contribution in [3.8, 4) is 0 Å². The summed E-state index contributed by atoms with van der Waals surface area (Å²) < 4.78 is 48.6. The number of fused-ring (bicyclic) bond motifs is 1. The zero-order valence-electron chi connectivity index (χ0n) is 19.0. The zero-order chi connectivity index (χ0) is 23.1. The van der Waals surface area contributed by atoms with Gasteiger partial charge in [0, 0.05) is 12.6 Å². The minimum absolute atomic E-state index is 0.159. The Kier molecular flexibility index (Phi) is 6.59. The van der Waals surface area contributed by atoms with Crippen molar-refractivity contribution in [3.63, 3.8) is 0 Å². The van der Waals surface area contributed by atoms with Gasteiger partial charge in [-0.05, 0) is 81.2 Å². The van der Waals surface area contributed by atoms with Crippen LogP contribution >= 0.6 is 10.6 Å². The maximum atomic E-state index is 13.5. The maximum Gasteiger partial charge on any atom is 0.187 e. The topological polar surface area (TPSA) is 81.1 Å². The molecular formula is C25H34N2O4S2. The van der Waals surface area contributed by atoms with Gasteiger partial charge in [-0.15, -0.1) is 0 Å². The second-order valence-corrected chi connectivity index (χ2v) is 13.9. The Morgan fingerprint density at radius 1 is 0.879 bits per heavy atom. The quantitative estimate of drug-likeness (QED) is 0.628. The Morgan fingerprint density at radius 3 is 2.27 bits per heavy atom. The van der Waals surface area contributed by atoms with Crippen LogP contribution in [0.5, 0.6) is 0 Å². The molecule has 8 heteroatoms. The molecule has 0 bridgehead atoms. The van der Waals surface area contributed by atoms with Crippen molar-refractivity contribution < 1.29 is 17.5 Å². The van der Waals surface area contributed by atoms with E-state index in [-0.39, 0.29) is 10.6 Å². The molecule has 1 atom stereocenters. The number of piperidine rings is 2. The van der Waals surface area contributed by atoms with Gasteiger partial charge in [0.25, 0.3) is 0 Å². The van der Waals surface area contributed by atoms with Crippen LogP contribution in [0.3, 0.4) is 0 Å². The molecule has 3 aliphatic rings. The summed E-state index contributed by atoms with van der Waals surface area (Å²) in [5.41, 5.74) is 1.52. The minimum Gasteiger partial charge on any atom is -0.300 e. The molecule has 0 amide bonds.